The number of aliphatic hydroxyl groups excluding tert-OH is 1. The van der Waals surface area contributed by atoms with Crippen molar-refractivity contribution in [2.24, 2.45) is 29.6 Å². The van der Waals surface area contributed by atoms with E-state index in [1.807, 2.05) is 0 Å². The summed E-state index contributed by atoms with van der Waals surface area (Å²) >= 11 is 0. The highest BCUT2D eigenvalue weighted by atomic mass is 16.3. The van der Waals surface area contributed by atoms with Gasteiger partial charge in [-0.05, 0) is 68.1 Å². The van der Waals surface area contributed by atoms with Crippen molar-refractivity contribution < 1.29 is 5.11 Å². The first-order chi connectivity index (χ1) is 8.22. The Bertz CT molecular complexity index is 262. The van der Waals surface area contributed by atoms with E-state index in [0.717, 1.165) is 30.1 Å². The molecule has 3 aliphatic rings. The third kappa shape index (κ3) is 2.54. The summed E-state index contributed by atoms with van der Waals surface area (Å²) in [6.07, 6.45) is 12.3. The van der Waals surface area contributed by atoms with Gasteiger partial charge in [-0.3, -0.25) is 0 Å². The quantitative estimate of drug-likeness (QED) is 0.785. The molecule has 1 heteroatoms. The molecule has 3 aliphatic carbocycles. The van der Waals surface area contributed by atoms with Crippen molar-refractivity contribution in [3.05, 3.63) is 0 Å². The fourth-order valence-corrected chi connectivity index (χ4v) is 5.00. The second-order valence-corrected chi connectivity index (χ2v) is 7.27. The molecular formula is C16H28O. The van der Waals surface area contributed by atoms with Crippen molar-refractivity contribution >= 4 is 0 Å². The number of hydrogen-bond donors (Lipinski definition) is 1. The fourth-order valence-electron chi connectivity index (χ4n) is 5.00. The summed E-state index contributed by atoms with van der Waals surface area (Å²) in [7, 11) is 0. The SMILES string of the molecule is CC1CCCC(C(O)CC2CC3CCC2C3)C1. The molecule has 0 amide bonds. The molecule has 0 aromatic rings. The molecule has 17 heavy (non-hydrogen) atoms. The van der Waals surface area contributed by atoms with Gasteiger partial charge in [-0.25, -0.2) is 0 Å². The minimum atomic E-state index is 0.0158. The molecule has 3 fully saturated rings. The molecule has 0 radical (unpaired) electrons. The van der Waals surface area contributed by atoms with Crippen LogP contribution in [0.2, 0.25) is 0 Å². The summed E-state index contributed by atoms with van der Waals surface area (Å²) in [6.45, 7) is 2.36. The maximum Gasteiger partial charge on any atom is 0.0571 e. The average molecular weight is 236 g/mol. The van der Waals surface area contributed by atoms with E-state index in [1.165, 1.54) is 51.4 Å². The highest BCUT2D eigenvalue weighted by molar-refractivity contribution is 4.91. The molecule has 1 nitrogen and oxygen atoms in total. The van der Waals surface area contributed by atoms with Crippen LogP contribution in [0.1, 0.15) is 64.7 Å². The van der Waals surface area contributed by atoms with Crippen LogP contribution in [0.25, 0.3) is 0 Å². The first-order valence-corrected chi connectivity index (χ1v) is 7.90. The van der Waals surface area contributed by atoms with Gasteiger partial charge >= 0.3 is 0 Å². The lowest BCUT2D eigenvalue weighted by Crippen LogP contribution is -2.29. The number of aliphatic hydroxyl groups is 1. The molecule has 0 spiro atoms. The normalized spacial score (nSPS) is 47.3. The van der Waals surface area contributed by atoms with E-state index in [2.05, 4.69) is 6.92 Å². The molecule has 0 aromatic carbocycles. The van der Waals surface area contributed by atoms with Crippen molar-refractivity contribution in [1.82, 2.24) is 0 Å². The van der Waals surface area contributed by atoms with Crippen molar-refractivity contribution in [2.75, 3.05) is 0 Å². The van der Waals surface area contributed by atoms with Gasteiger partial charge in [-0.15, -0.1) is 0 Å². The molecule has 0 aliphatic heterocycles. The van der Waals surface area contributed by atoms with Crippen LogP contribution < -0.4 is 0 Å². The minimum Gasteiger partial charge on any atom is -0.393 e. The van der Waals surface area contributed by atoms with Crippen LogP contribution in [0.5, 0.6) is 0 Å². The van der Waals surface area contributed by atoms with Crippen molar-refractivity contribution in [3.8, 4) is 0 Å². The smallest absolute Gasteiger partial charge is 0.0571 e. The van der Waals surface area contributed by atoms with Crippen LogP contribution in [0.15, 0.2) is 0 Å². The Labute approximate surface area is 106 Å². The molecular weight excluding hydrogens is 208 g/mol. The van der Waals surface area contributed by atoms with E-state index in [4.69, 9.17) is 0 Å². The molecule has 2 bridgehead atoms. The molecule has 98 valence electrons. The Hall–Kier alpha value is -0.0400. The predicted molar refractivity (Wildman–Crippen MR) is 70.7 cm³/mol. The van der Waals surface area contributed by atoms with Crippen molar-refractivity contribution in [2.45, 2.75) is 70.8 Å². The lowest BCUT2D eigenvalue weighted by atomic mass is 9.75. The van der Waals surface area contributed by atoms with Gasteiger partial charge in [0.15, 0.2) is 0 Å². The van der Waals surface area contributed by atoms with Crippen LogP contribution in [0, 0.1) is 29.6 Å². The van der Waals surface area contributed by atoms with Gasteiger partial charge < -0.3 is 5.11 Å². The molecule has 0 saturated heterocycles. The third-order valence-electron chi connectivity index (χ3n) is 5.95. The van der Waals surface area contributed by atoms with Gasteiger partial charge in [-0.1, -0.05) is 26.2 Å². The molecule has 1 N–H and O–H groups in total. The largest absolute Gasteiger partial charge is 0.393 e. The van der Waals surface area contributed by atoms with Gasteiger partial charge in [0.1, 0.15) is 0 Å². The summed E-state index contributed by atoms with van der Waals surface area (Å²) < 4.78 is 0. The van der Waals surface area contributed by atoms with E-state index in [-0.39, 0.29) is 6.10 Å². The number of rotatable bonds is 3. The first kappa shape index (κ1) is 12.0. The zero-order valence-electron chi connectivity index (χ0n) is 11.3. The Morgan fingerprint density at radius 1 is 1.06 bits per heavy atom. The summed E-state index contributed by atoms with van der Waals surface area (Å²) in [4.78, 5) is 0. The molecule has 6 unspecified atom stereocenters. The zero-order valence-corrected chi connectivity index (χ0v) is 11.3. The van der Waals surface area contributed by atoms with E-state index in [0.29, 0.717) is 5.92 Å². The highest BCUT2D eigenvalue weighted by Crippen LogP contribution is 2.50. The van der Waals surface area contributed by atoms with Gasteiger partial charge in [0, 0.05) is 0 Å². The van der Waals surface area contributed by atoms with Gasteiger partial charge in [0.25, 0.3) is 0 Å². The third-order valence-corrected chi connectivity index (χ3v) is 5.95. The number of fused-ring (bicyclic) bond motifs is 2. The first-order valence-electron chi connectivity index (χ1n) is 7.90. The summed E-state index contributed by atoms with van der Waals surface area (Å²) in [5.41, 5.74) is 0. The second-order valence-electron chi connectivity index (χ2n) is 7.27. The van der Waals surface area contributed by atoms with Gasteiger partial charge in [0.05, 0.1) is 6.10 Å². The molecule has 0 heterocycles. The molecule has 0 aromatic heterocycles. The minimum absolute atomic E-state index is 0.0158. The summed E-state index contributed by atoms with van der Waals surface area (Å²) in [5, 5.41) is 10.5. The molecule has 6 atom stereocenters. The van der Waals surface area contributed by atoms with Crippen LogP contribution in [0.4, 0.5) is 0 Å². The summed E-state index contributed by atoms with van der Waals surface area (Å²) in [5.74, 6) is 4.36. The zero-order chi connectivity index (χ0) is 11.8. The molecule has 3 rings (SSSR count). The topological polar surface area (TPSA) is 20.2 Å². The maximum absolute atomic E-state index is 10.5. The van der Waals surface area contributed by atoms with E-state index < -0.39 is 0 Å². The Morgan fingerprint density at radius 2 is 1.94 bits per heavy atom. The summed E-state index contributed by atoms with van der Waals surface area (Å²) in [6, 6.07) is 0. The van der Waals surface area contributed by atoms with E-state index >= 15 is 0 Å². The number of hydrogen-bond acceptors (Lipinski definition) is 1. The second kappa shape index (κ2) is 4.91. The Balaban J connectivity index is 1.51. The monoisotopic (exact) mass is 236 g/mol. The Kier molecular flexibility index (Phi) is 3.47. The fraction of sp³-hybridized carbons (Fsp3) is 1.00. The average Bonchev–Trinajstić information content (AvgIpc) is 2.91. The predicted octanol–water partition coefficient (Wildman–Crippen LogP) is 4.00. The van der Waals surface area contributed by atoms with Crippen LogP contribution in [-0.4, -0.2) is 11.2 Å². The van der Waals surface area contributed by atoms with E-state index in [1.54, 1.807) is 0 Å². The van der Waals surface area contributed by atoms with Gasteiger partial charge in [-0.2, -0.15) is 0 Å². The van der Waals surface area contributed by atoms with Crippen molar-refractivity contribution in [3.63, 3.8) is 0 Å². The van der Waals surface area contributed by atoms with Crippen LogP contribution in [-0.2, 0) is 0 Å². The Morgan fingerprint density at radius 3 is 2.59 bits per heavy atom. The standard InChI is InChI=1S/C16H28O/c1-11-3-2-4-14(7-11)16(17)10-15-9-12-5-6-13(15)8-12/h11-17H,2-10H2,1H3. The molecule has 3 saturated carbocycles. The highest BCUT2D eigenvalue weighted by Gasteiger charge is 2.41. The van der Waals surface area contributed by atoms with Gasteiger partial charge in [0.2, 0.25) is 0 Å². The van der Waals surface area contributed by atoms with Crippen LogP contribution >= 0.6 is 0 Å². The van der Waals surface area contributed by atoms with E-state index in [9.17, 15) is 5.11 Å². The maximum atomic E-state index is 10.5. The lowest BCUT2D eigenvalue weighted by molar-refractivity contribution is 0.0432. The van der Waals surface area contributed by atoms with Crippen molar-refractivity contribution in [1.29, 1.82) is 0 Å². The lowest BCUT2D eigenvalue weighted by Gasteiger charge is -2.33. The van der Waals surface area contributed by atoms with Crippen LogP contribution in [0.3, 0.4) is 0 Å².